The molecule has 0 aliphatic heterocycles. The second-order valence-electron chi connectivity index (χ2n) is 4.53. The molecule has 20 heavy (non-hydrogen) atoms. The lowest BCUT2D eigenvalue weighted by molar-refractivity contribution is 0.197. The zero-order valence-corrected chi connectivity index (χ0v) is 13.0. The number of nitrogens with two attached hydrogens (primary N) is 1. The van der Waals surface area contributed by atoms with Crippen molar-refractivity contribution in [3.8, 4) is 0 Å². The highest BCUT2D eigenvalue weighted by Crippen LogP contribution is 2.20. The Labute approximate surface area is 125 Å². The van der Waals surface area contributed by atoms with Gasteiger partial charge in [0.1, 0.15) is 0 Å². The zero-order chi connectivity index (χ0) is 15.0. The Kier molecular flexibility index (Phi) is 7.36. The average molecular weight is 299 g/mol. The van der Waals surface area contributed by atoms with Crippen molar-refractivity contribution in [2.24, 2.45) is 10.8 Å². The van der Waals surface area contributed by atoms with Gasteiger partial charge in [-0.2, -0.15) is 0 Å². The number of methoxy groups -OCH3 is 1. The van der Waals surface area contributed by atoms with Crippen LogP contribution in [-0.4, -0.2) is 38.2 Å². The van der Waals surface area contributed by atoms with E-state index >= 15 is 0 Å². The maximum Gasteiger partial charge on any atom is 0.208 e. The van der Waals surface area contributed by atoms with E-state index < -0.39 is 0 Å². The zero-order valence-electron chi connectivity index (χ0n) is 12.3. The fourth-order valence-electron chi connectivity index (χ4n) is 1.80. The number of hydrazine groups is 1. The predicted molar refractivity (Wildman–Crippen MR) is 83.7 cm³/mol. The van der Waals surface area contributed by atoms with E-state index in [1.807, 2.05) is 36.2 Å². The highest BCUT2D eigenvalue weighted by molar-refractivity contribution is 6.30. The van der Waals surface area contributed by atoms with Gasteiger partial charge in [-0.25, -0.2) is 5.84 Å². The fraction of sp³-hybridized carbons (Fsp3) is 0.500. The van der Waals surface area contributed by atoms with Crippen LogP contribution >= 0.6 is 11.6 Å². The van der Waals surface area contributed by atoms with Crippen LogP contribution in [0.25, 0.3) is 0 Å². The van der Waals surface area contributed by atoms with Gasteiger partial charge >= 0.3 is 0 Å². The number of nitrogens with zero attached hydrogens (tertiary/aromatic N) is 2. The van der Waals surface area contributed by atoms with Gasteiger partial charge in [-0.1, -0.05) is 23.7 Å². The molecule has 5 nitrogen and oxygen atoms in total. The summed E-state index contributed by atoms with van der Waals surface area (Å²) in [4.78, 5) is 6.44. The summed E-state index contributed by atoms with van der Waals surface area (Å²) in [5, 5.41) is 0.731. The molecule has 1 atom stereocenters. The summed E-state index contributed by atoms with van der Waals surface area (Å²) in [6.07, 6.45) is 0.866. The predicted octanol–water partition coefficient (Wildman–Crippen LogP) is 2.19. The quantitative estimate of drug-likeness (QED) is 0.278. The Morgan fingerprint density at radius 1 is 1.45 bits per heavy atom. The second-order valence-corrected chi connectivity index (χ2v) is 4.97. The van der Waals surface area contributed by atoms with E-state index in [9.17, 15) is 0 Å². The first-order chi connectivity index (χ1) is 9.60. The molecule has 112 valence electrons. The van der Waals surface area contributed by atoms with Crippen molar-refractivity contribution in [3.63, 3.8) is 0 Å². The molecule has 6 heteroatoms. The van der Waals surface area contributed by atoms with Crippen molar-refractivity contribution in [1.29, 1.82) is 0 Å². The summed E-state index contributed by atoms with van der Waals surface area (Å²) >= 11 is 5.90. The molecule has 0 spiro atoms. The molecule has 0 aromatic heterocycles. The molecule has 0 fully saturated rings. The van der Waals surface area contributed by atoms with Gasteiger partial charge in [0.05, 0.1) is 6.04 Å². The highest BCUT2D eigenvalue weighted by Gasteiger charge is 2.14. The standard InChI is InChI=1S/C14H23ClN4O/c1-11(12-5-7-13(15)8-6-12)19(2)14(18-16)17-9-4-10-20-3/h5-8,11H,4,9-10,16H2,1-3H3,(H,17,18). The molecule has 1 aromatic rings. The summed E-state index contributed by atoms with van der Waals surface area (Å²) in [6.45, 7) is 3.45. The lowest BCUT2D eigenvalue weighted by Gasteiger charge is -2.28. The van der Waals surface area contributed by atoms with Gasteiger partial charge < -0.3 is 9.64 Å². The van der Waals surface area contributed by atoms with Crippen LogP contribution in [-0.2, 0) is 4.74 Å². The first-order valence-electron chi connectivity index (χ1n) is 6.58. The summed E-state index contributed by atoms with van der Waals surface area (Å²) < 4.78 is 5.00. The Balaban J connectivity index is 2.69. The van der Waals surface area contributed by atoms with E-state index in [4.69, 9.17) is 22.2 Å². The maximum atomic E-state index is 5.90. The van der Waals surface area contributed by atoms with Crippen molar-refractivity contribution in [2.75, 3.05) is 27.3 Å². The van der Waals surface area contributed by atoms with Crippen LogP contribution in [0, 0.1) is 0 Å². The lowest BCUT2D eigenvalue weighted by Crippen LogP contribution is -2.44. The molecule has 0 radical (unpaired) electrons. The second kappa shape index (κ2) is 8.79. The van der Waals surface area contributed by atoms with E-state index in [0.29, 0.717) is 19.1 Å². The lowest BCUT2D eigenvalue weighted by atomic mass is 10.1. The van der Waals surface area contributed by atoms with Crippen LogP contribution in [0.1, 0.15) is 24.9 Å². The number of hydrogen-bond acceptors (Lipinski definition) is 3. The van der Waals surface area contributed by atoms with Crippen LogP contribution in [0.4, 0.5) is 0 Å². The Bertz CT molecular complexity index is 422. The molecule has 1 unspecified atom stereocenters. The van der Waals surface area contributed by atoms with Gasteiger partial charge in [0.25, 0.3) is 0 Å². The van der Waals surface area contributed by atoms with Crippen molar-refractivity contribution in [2.45, 2.75) is 19.4 Å². The van der Waals surface area contributed by atoms with Crippen molar-refractivity contribution >= 4 is 17.6 Å². The van der Waals surface area contributed by atoms with Crippen molar-refractivity contribution < 1.29 is 4.74 Å². The number of guanidine groups is 1. The Morgan fingerprint density at radius 3 is 2.65 bits per heavy atom. The van der Waals surface area contributed by atoms with Crippen molar-refractivity contribution in [3.05, 3.63) is 34.9 Å². The molecule has 0 aliphatic carbocycles. The molecule has 1 aromatic carbocycles. The monoisotopic (exact) mass is 298 g/mol. The molecular formula is C14H23ClN4O. The molecule has 0 saturated heterocycles. The normalized spacial score (nSPS) is 13.2. The van der Waals surface area contributed by atoms with Gasteiger partial charge in [-0.05, 0) is 31.0 Å². The number of benzene rings is 1. The SMILES string of the molecule is COCCCN=C(NN)N(C)C(C)c1ccc(Cl)cc1. The van der Waals surface area contributed by atoms with Gasteiger partial charge in [0.2, 0.25) is 5.96 Å². The number of rotatable bonds is 6. The molecule has 0 bridgehead atoms. The molecule has 0 saturated carbocycles. The Hall–Kier alpha value is -1.30. The van der Waals surface area contributed by atoms with E-state index in [-0.39, 0.29) is 6.04 Å². The van der Waals surface area contributed by atoms with Crippen molar-refractivity contribution in [1.82, 2.24) is 10.3 Å². The minimum Gasteiger partial charge on any atom is -0.385 e. The third-order valence-corrected chi connectivity index (χ3v) is 3.42. The highest BCUT2D eigenvalue weighted by atomic mass is 35.5. The van der Waals surface area contributed by atoms with Crippen LogP contribution in [0.2, 0.25) is 5.02 Å². The third kappa shape index (κ3) is 5.00. The van der Waals surface area contributed by atoms with Crippen LogP contribution < -0.4 is 11.3 Å². The number of halogens is 1. The maximum absolute atomic E-state index is 5.90. The molecule has 0 amide bonds. The van der Waals surface area contributed by atoms with Crippen LogP contribution in [0.15, 0.2) is 29.3 Å². The minimum absolute atomic E-state index is 0.143. The van der Waals surface area contributed by atoms with Gasteiger partial charge in [0, 0.05) is 32.3 Å². The summed E-state index contributed by atoms with van der Waals surface area (Å²) in [5.41, 5.74) is 3.80. The van der Waals surface area contributed by atoms with Crippen LogP contribution in [0.5, 0.6) is 0 Å². The molecule has 1 rings (SSSR count). The third-order valence-electron chi connectivity index (χ3n) is 3.16. The topological polar surface area (TPSA) is 62.9 Å². The molecule has 0 aliphatic rings. The van der Waals surface area contributed by atoms with E-state index in [1.54, 1.807) is 7.11 Å². The largest absolute Gasteiger partial charge is 0.385 e. The number of nitrogens with one attached hydrogen (secondary N) is 1. The van der Waals surface area contributed by atoms with Gasteiger partial charge in [-0.15, -0.1) is 0 Å². The summed E-state index contributed by atoms with van der Waals surface area (Å²) in [5.74, 6) is 6.21. The Morgan fingerprint density at radius 2 is 2.10 bits per heavy atom. The first kappa shape index (κ1) is 16.8. The molecule has 0 heterocycles. The summed E-state index contributed by atoms with van der Waals surface area (Å²) in [6, 6.07) is 7.91. The summed E-state index contributed by atoms with van der Waals surface area (Å²) in [7, 11) is 3.63. The number of hydrogen-bond donors (Lipinski definition) is 2. The van der Waals surface area contributed by atoms with E-state index in [0.717, 1.165) is 17.0 Å². The minimum atomic E-state index is 0.143. The molecule has 3 N–H and O–H groups in total. The number of ether oxygens (including phenoxy) is 1. The fourth-order valence-corrected chi connectivity index (χ4v) is 1.93. The molecular weight excluding hydrogens is 276 g/mol. The van der Waals surface area contributed by atoms with Crippen LogP contribution in [0.3, 0.4) is 0 Å². The van der Waals surface area contributed by atoms with Gasteiger partial charge in [-0.3, -0.25) is 10.4 Å². The van der Waals surface area contributed by atoms with Gasteiger partial charge in [0.15, 0.2) is 0 Å². The smallest absolute Gasteiger partial charge is 0.208 e. The average Bonchev–Trinajstić information content (AvgIpc) is 2.47. The first-order valence-corrected chi connectivity index (χ1v) is 6.96. The van der Waals surface area contributed by atoms with E-state index in [2.05, 4.69) is 17.3 Å². The number of aliphatic imine (C=N–C) groups is 1. The van der Waals surface area contributed by atoms with E-state index in [1.165, 1.54) is 0 Å².